The number of ether oxygens (including phenoxy) is 2. The molecular weight excluding hydrogens is 180 g/mol. The summed E-state index contributed by atoms with van der Waals surface area (Å²) in [6, 6.07) is 9.80. The number of benzene rings is 1. The number of carbonyl (C=O) groups is 1. The number of cyclic esters (lactones) is 1. The van der Waals surface area contributed by atoms with E-state index < -0.39 is 5.60 Å². The second kappa shape index (κ2) is 2.58. The molecular formula is C11H10O3. The third-order valence-electron chi connectivity index (χ3n) is 2.85. The molecule has 0 saturated carbocycles. The van der Waals surface area contributed by atoms with Gasteiger partial charge in [0.1, 0.15) is 6.10 Å². The van der Waals surface area contributed by atoms with Gasteiger partial charge >= 0.3 is 5.97 Å². The van der Waals surface area contributed by atoms with E-state index in [1.807, 2.05) is 30.3 Å². The fraction of sp³-hybridized carbons (Fsp3) is 0.364. The summed E-state index contributed by atoms with van der Waals surface area (Å²) in [6.45, 7) is 0.488. The summed E-state index contributed by atoms with van der Waals surface area (Å²) in [6.07, 6.45) is 0.601. The van der Waals surface area contributed by atoms with Crippen molar-refractivity contribution in [3.05, 3.63) is 35.9 Å². The molecule has 3 rings (SSSR count). The Kier molecular flexibility index (Phi) is 1.47. The first kappa shape index (κ1) is 8.00. The molecule has 0 N–H and O–H groups in total. The van der Waals surface area contributed by atoms with Gasteiger partial charge < -0.3 is 9.47 Å². The van der Waals surface area contributed by atoms with E-state index in [1.165, 1.54) is 0 Å². The summed E-state index contributed by atoms with van der Waals surface area (Å²) in [5.74, 6) is -0.202. The zero-order valence-corrected chi connectivity index (χ0v) is 7.60. The molecule has 0 radical (unpaired) electrons. The van der Waals surface area contributed by atoms with Gasteiger partial charge in [-0.15, -0.1) is 0 Å². The molecule has 1 spiro atoms. The Morgan fingerprint density at radius 1 is 1.29 bits per heavy atom. The topological polar surface area (TPSA) is 38.8 Å². The maximum atomic E-state index is 11.4. The summed E-state index contributed by atoms with van der Waals surface area (Å²) < 4.78 is 10.4. The normalized spacial score (nSPS) is 34.6. The maximum Gasteiger partial charge on any atom is 0.341 e. The van der Waals surface area contributed by atoms with Gasteiger partial charge in [-0.05, 0) is 5.56 Å². The predicted octanol–water partition coefficient (Wildman–Crippen LogP) is 1.44. The van der Waals surface area contributed by atoms with Crippen molar-refractivity contribution in [1.82, 2.24) is 0 Å². The van der Waals surface area contributed by atoms with Gasteiger partial charge in [-0.1, -0.05) is 30.3 Å². The zero-order chi connectivity index (χ0) is 9.60. The Bertz CT molecular complexity index is 373. The molecule has 2 heterocycles. The number of rotatable bonds is 1. The highest BCUT2D eigenvalue weighted by atomic mass is 16.7. The van der Waals surface area contributed by atoms with Gasteiger partial charge in [0, 0.05) is 6.42 Å². The van der Waals surface area contributed by atoms with E-state index in [4.69, 9.17) is 9.47 Å². The van der Waals surface area contributed by atoms with Crippen LogP contribution in [0.2, 0.25) is 0 Å². The average molecular weight is 190 g/mol. The molecule has 0 aliphatic carbocycles. The molecule has 2 aliphatic heterocycles. The standard InChI is InChI=1S/C11H10O3/c12-10-11(6-7-13-10)9(14-11)8-4-2-1-3-5-8/h1-5,9H,6-7H2. The molecule has 0 bridgehead atoms. The van der Waals surface area contributed by atoms with Gasteiger partial charge in [0.15, 0.2) is 5.60 Å². The molecule has 2 saturated heterocycles. The molecule has 1 aromatic carbocycles. The van der Waals surface area contributed by atoms with Crippen molar-refractivity contribution in [2.24, 2.45) is 0 Å². The smallest absolute Gasteiger partial charge is 0.341 e. The Labute approximate surface area is 81.6 Å². The highest BCUT2D eigenvalue weighted by Crippen LogP contribution is 2.54. The van der Waals surface area contributed by atoms with Crippen LogP contribution in [0.15, 0.2) is 30.3 Å². The van der Waals surface area contributed by atoms with E-state index in [1.54, 1.807) is 0 Å². The van der Waals surface area contributed by atoms with Crippen LogP contribution in [0.25, 0.3) is 0 Å². The van der Waals surface area contributed by atoms with Crippen LogP contribution in [0.3, 0.4) is 0 Å². The molecule has 2 atom stereocenters. The molecule has 72 valence electrons. The number of hydrogen-bond donors (Lipinski definition) is 0. The third kappa shape index (κ3) is 0.930. The lowest BCUT2D eigenvalue weighted by atomic mass is 9.98. The lowest BCUT2D eigenvalue weighted by Gasteiger charge is -1.97. The Morgan fingerprint density at radius 3 is 2.71 bits per heavy atom. The van der Waals surface area contributed by atoms with Crippen LogP contribution < -0.4 is 0 Å². The van der Waals surface area contributed by atoms with Gasteiger partial charge in [-0.3, -0.25) is 0 Å². The molecule has 1 aromatic rings. The van der Waals surface area contributed by atoms with Crippen molar-refractivity contribution in [3.8, 4) is 0 Å². The minimum absolute atomic E-state index is 0.0845. The van der Waals surface area contributed by atoms with Gasteiger partial charge in [-0.2, -0.15) is 0 Å². The first-order chi connectivity index (χ1) is 6.83. The largest absolute Gasteiger partial charge is 0.463 e. The van der Waals surface area contributed by atoms with Crippen LogP contribution in [-0.2, 0) is 14.3 Å². The van der Waals surface area contributed by atoms with Crippen molar-refractivity contribution in [2.45, 2.75) is 18.1 Å². The highest BCUT2D eigenvalue weighted by Gasteiger charge is 2.66. The van der Waals surface area contributed by atoms with Crippen LogP contribution >= 0.6 is 0 Å². The first-order valence-electron chi connectivity index (χ1n) is 4.73. The number of carbonyl (C=O) groups excluding carboxylic acids is 1. The lowest BCUT2D eigenvalue weighted by Crippen LogP contribution is -2.18. The Hall–Kier alpha value is -1.35. The summed E-state index contributed by atoms with van der Waals surface area (Å²) in [5.41, 5.74) is 0.424. The fourth-order valence-corrected chi connectivity index (χ4v) is 2.01. The minimum atomic E-state index is -0.638. The lowest BCUT2D eigenvalue weighted by molar-refractivity contribution is -0.142. The maximum absolute atomic E-state index is 11.4. The quantitative estimate of drug-likeness (QED) is 0.497. The molecule has 2 aliphatic rings. The van der Waals surface area contributed by atoms with E-state index in [0.717, 1.165) is 5.56 Å². The summed E-state index contributed by atoms with van der Waals surface area (Å²) in [5, 5.41) is 0. The van der Waals surface area contributed by atoms with Gasteiger partial charge in [-0.25, -0.2) is 4.79 Å². The summed E-state index contributed by atoms with van der Waals surface area (Å²) in [4.78, 5) is 11.4. The van der Waals surface area contributed by atoms with E-state index in [-0.39, 0.29) is 12.1 Å². The predicted molar refractivity (Wildman–Crippen MR) is 48.6 cm³/mol. The SMILES string of the molecule is O=C1OCCC12OC2c1ccccc1. The van der Waals surface area contributed by atoms with Gasteiger partial charge in [0.25, 0.3) is 0 Å². The van der Waals surface area contributed by atoms with Crippen LogP contribution in [0, 0.1) is 0 Å². The van der Waals surface area contributed by atoms with Crippen molar-refractivity contribution in [3.63, 3.8) is 0 Å². The van der Waals surface area contributed by atoms with E-state index in [0.29, 0.717) is 13.0 Å². The van der Waals surface area contributed by atoms with E-state index >= 15 is 0 Å². The fourth-order valence-electron chi connectivity index (χ4n) is 2.01. The van der Waals surface area contributed by atoms with Crippen molar-refractivity contribution in [1.29, 1.82) is 0 Å². The zero-order valence-electron chi connectivity index (χ0n) is 7.60. The molecule has 2 fully saturated rings. The van der Waals surface area contributed by atoms with E-state index in [2.05, 4.69) is 0 Å². The second-order valence-electron chi connectivity index (χ2n) is 3.68. The molecule has 0 amide bonds. The second-order valence-corrected chi connectivity index (χ2v) is 3.68. The van der Waals surface area contributed by atoms with Crippen molar-refractivity contribution < 1.29 is 14.3 Å². The Balaban J connectivity index is 1.89. The van der Waals surface area contributed by atoms with E-state index in [9.17, 15) is 4.79 Å². The Morgan fingerprint density at radius 2 is 2.07 bits per heavy atom. The van der Waals surface area contributed by atoms with Crippen molar-refractivity contribution in [2.75, 3.05) is 6.61 Å². The molecule has 3 heteroatoms. The average Bonchev–Trinajstić information content (AvgIpc) is 2.84. The first-order valence-corrected chi connectivity index (χ1v) is 4.73. The van der Waals surface area contributed by atoms with Crippen LogP contribution in [0.1, 0.15) is 18.1 Å². The molecule has 0 aromatic heterocycles. The monoisotopic (exact) mass is 190 g/mol. The molecule has 14 heavy (non-hydrogen) atoms. The number of hydrogen-bond acceptors (Lipinski definition) is 3. The van der Waals surface area contributed by atoms with Crippen LogP contribution in [-0.4, -0.2) is 18.2 Å². The summed E-state index contributed by atoms with van der Waals surface area (Å²) in [7, 11) is 0. The molecule has 2 unspecified atom stereocenters. The number of epoxide rings is 1. The highest BCUT2D eigenvalue weighted by molar-refractivity contribution is 5.85. The number of esters is 1. The molecule has 3 nitrogen and oxygen atoms in total. The minimum Gasteiger partial charge on any atom is -0.463 e. The van der Waals surface area contributed by atoms with Gasteiger partial charge in [0.2, 0.25) is 0 Å². The van der Waals surface area contributed by atoms with Gasteiger partial charge in [0.05, 0.1) is 6.61 Å². The van der Waals surface area contributed by atoms with Crippen LogP contribution in [0.5, 0.6) is 0 Å². The van der Waals surface area contributed by atoms with Crippen LogP contribution in [0.4, 0.5) is 0 Å². The third-order valence-corrected chi connectivity index (χ3v) is 2.85. The van der Waals surface area contributed by atoms with Crippen molar-refractivity contribution >= 4 is 5.97 Å². The summed E-state index contributed by atoms with van der Waals surface area (Å²) >= 11 is 0.